The lowest BCUT2D eigenvalue weighted by Gasteiger charge is -2.08. The van der Waals surface area contributed by atoms with Crippen LogP contribution in [0.5, 0.6) is 0 Å². The van der Waals surface area contributed by atoms with Crippen LogP contribution in [0.25, 0.3) is 0 Å². The maximum Gasteiger partial charge on any atom is 0.263 e. The molecule has 0 radical (unpaired) electrons. The molecule has 9 heteroatoms. The van der Waals surface area contributed by atoms with E-state index in [1.54, 1.807) is 23.6 Å². The third-order valence-electron chi connectivity index (χ3n) is 3.92. The van der Waals surface area contributed by atoms with E-state index in [0.29, 0.717) is 28.0 Å². The maximum atomic E-state index is 12.2. The molecule has 2 aromatic heterocycles. The maximum absolute atomic E-state index is 12.2. The number of pyridine rings is 1. The molecule has 0 saturated carbocycles. The molecule has 0 bridgehead atoms. The number of hydrogen-bond donors (Lipinski definition) is 3. The van der Waals surface area contributed by atoms with Crippen LogP contribution in [-0.2, 0) is 11.2 Å². The van der Waals surface area contributed by atoms with Crippen molar-refractivity contribution in [3.05, 3.63) is 74.1 Å². The lowest BCUT2D eigenvalue weighted by molar-refractivity contribution is -0.116. The fourth-order valence-electron chi connectivity index (χ4n) is 2.43. The molecule has 3 aromatic rings. The minimum atomic E-state index is -0.531. The number of thiazole rings is 1. The number of rotatable bonds is 6. The van der Waals surface area contributed by atoms with Crippen LogP contribution in [0.2, 0.25) is 5.02 Å². The molecule has 7 nitrogen and oxygen atoms in total. The Balaban J connectivity index is 1.55. The number of anilines is 2. The van der Waals surface area contributed by atoms with Crippen molar-refractivity contribution >= 4 is 45.6 Å². The molecule has 28 heavy (non-hydrogen) atoms. The third-order valence-corrected chi connectivity index (χ3v) is 4.96. The van der Waals surface area contributed by atoms with Crippen molar-refractivity contribution in [2.75, 3.05) is 10.6 Å². The molecule has 3 rings (SSSR count). The molecular formula is C19H17ClN4O3S. The Morgan fingerprint density at radius 2 is 2.07 bits per heavy atom. The van der Waals surface area contributed by atoms with Crippen LogP contribution in [0.4, 0.5) is 10.8 Å². The van der Waals surface area contributed by atoms with Crippen molar-refractivity contribution in [3.63, 3.8) is 0 Å². The highest BCUT2D eigenvalue weighted by atomic mass is 35.5. The van der Waals surface area contributed by atoms with Crippen molar-refractivity contribution in [1.29, 1.82) is 0 Å². The second kappa shape index (κ2) is 8.81. The highest BCUT2D eigenvalue weighted by molar-refractivity contribution is 7.14. The normalized spacial score (nSPS) is 10.5. The summed E-state index contributed by atoms with van der Waals surface area (Å²) in [6, 6.07) is 8.32. The highest BCUT2D eigenvalue weighted by Gasteiger charge is 2.13. The molecule has 0 saturated heterocycles. The van der Waals surface area contributed by atoms with Gasteiger partial charge in [-0.25, -0.2) is 4.98 Å². The van der Waals surface area contributed by atoms with Crippen molar-refractivity contribution in [2.24, 2.45) is 0 Å². The minimum Gasteiger partial charge on any atom is -0.328 e. The van der Waals surface area contributed by atoms with E-state index < -0.39 is 11.5 Å². The molecule has 144 valence electrons. The van der Waals surface area contributed by atoms with Gasteiger partial charge in [0, 0.05) is 28.7 Å². The van der Waals surface area contributed by atoms with Gasteiger partial charge in [0.1, 0.15) is 5.56 Å². The Labute approximate surface area is 169 Å². The Bertz CT molecular complexity index is 1080. The second-order valence-electron chi connectivity index (χ2n) is 6.02. The van der Waals surface area contributed by atoms with Crippen LogP contribution in [0.1, 0.15) is 28.0 Å². The number of amides is 2. The van der Waals surface area contributed by atoms with E-state index in [1.807, 2.05) is 13.0 Å². The number of carbonyl (C=O) groups is 2. The molecule has 1 aromatic carbocycles. The van der Waals surface area contributed by atoms with Gasteiger partial charge in [-0.05, 0) is 43.2 Å². The first-order valence-electron chi connectivity index (χ1n) is 8.42. The summed E-state index contributed by atoms with van der Waals surface area (Å²) in [6.45, 7) is 1.89. The molecule has 2 amide bonds. The fraction of sp³-hybridized carbons (Fsp3) is 0.158. The molecule has 0 aliphatic rings. The first-order chi connectivity index (χ1) is 13.4. The fourth-order valence-corrected chi connectivity index (χ4v) is 3.34. The predicted octanol–water partition coefficient (Wildman–Crippen LogP) is 3.62. The van der Waals surface area contributed by atoms with Gasteiger partial charge in [0.25, 0.3) is 11.5 Å². The van der Waals surface area contributed by atoms with Gasteiger partial charge in [-0.15, -0.1) is 11.3 Å². The molecule has 3 N–H and O–H groups in total. The quantitative estimate of drug-likeness (QED) is 0.570. The van der Waals surface area contributed by atoms with Gasteiger partial charge in [0.2, 0.25) is 5.91 Å². The van der Waals surface area contributed by atoms with Crippen LogP contribution in [0.3, 0.4) is 0 Å². The number of aromatic nitrogens is 2. The number of carbonyl (C=O) groups excluding carboxylic acids is 2. The standard InChI is InChI=1S/C19H17ClN4O3S/c1-11-4-5-12(20)9-15(11)23-16(25)7-6-13-10-28-19(22-13)24-18(27)14-3-2-8-21-17(14)26/h2-5,8-10H,6-7H2,1H3,(H,21,26)(H,23,25)(H,22,24,27). The van der Waals surface area contributed by atoms with Gasteiger partial charge in [-0.2, -0.15) is 0 Å². The lowest BCUT2D eigenvalue weighted by Crippen LogP contribution is -2.22. The van der Waals surface area contributed by atoms with E-state index in [2.05, 4.69) is 20.6 Å². The molecular weight excluding hydrogens is 400 g/mol. The van der Waals surface area contributed by atoms with E-state index in [9.17, 15) is 14.4 Å². The summed E-state index contributed by atoms with van der Waals surface area (Å²) < 4.78 is 0. The second-order valence-corrected chi connectivity index (χ2v) is 7.31. The number of hydrogen-bond acceptors (Lipinski definition) is 5. The molecule has 0 aliphatic heterocycles. The number of benzene rings is 1. The number of nitrogens with zero attached hydrogens (tertiary/aromatic N) is 1. The molecule has 2 heterocycles. The van der Waals surface area contributed by atoms with Crippen LogP contribution >= 0.6 is 22.9 Å². The molecule has 0 aliphatic carbocycles. The third kappa shape index (κ3) is 5.05. The zero-order valence-corrected chi connectivity index (χ0v) is 16.5. The zero-order valence-electron chi connectivity index (χ0n) is 14.9. The topological polar surface area (TPSA) is 104 Å². The van der Waals surface area contributed by atoms with Gasteiger partial charge in [-0.3, -0.25) is 19.7 Å². The zero-order chi connectivity index (χ0) is 20.1. The Morgan fingerprint density at radius 1 is 1.25 bits per heavy atom. The summed E-state index contributed by atoms with van der Waals surface area (Å²) in [5, 5.41) is 8.12. The summed E-state index contributed by atoms with van der Waals surface area (Å²) >= 11 is 7.19. The van der Waals surface area contributed by atoms with Crippen LogP contribution in [0.15, 0.2) is 46.7 Å². The van der Waals surface area contributed by atoms with Crippen molar-refractivity contribution in [3.8, 4) is 0 Å². The monoisotopic (exact) mass is 416 g/mol. The van der Waals surface area contributed by atoms with Crippen LogP contribution in [-0.4, -0.2) is 21.8 Å². The SMILES string of the molecule is Cc1ccc(Cl)cc1NC(=O)CCc1csc(NC(=O)c2ccc[nH]c2=O)n1. The van der Waals surface area contributed by atoms with E-state index >= 15 is 0 Å². The van der Waals surface area contributed by atoms with Crippen LogP contribution in [0, 0.1) is 6.92 Å². The van der Waals surface area contributed by atoms with Crippen molar-refractivity contribution < 1.29 is 9.59 Å². The number of H-pyrrole nitrogens is 1. The number of aromatic amines is 1. The summed E-state index contributed by atoms with van der Waals surface area (Å²) in [5.74, 6) is -0.684. The van der Waals surface area contributed by atoms with E-state index in [4.69, 9.17) is 11.6 Å². The van der Waals surface area contributed by atoms with E-state index in [1.165, 1.54) is 23.6 Å². The lowest BCUT2D eigenvalue weighted by atomic mass is 10.2. The van der Waals surface area contributed by atoms with Gasteiger partial charge in [0.15, 0.2) is 5.13 Å². The summed E-state index contributed by atoms with van der Waals surface area (Å²) in [6.07, 6.45) is 2.11. The van der Waals surface area contributed by atoms with Gasteiger partial charge in [0.05, 0.1) is 5.69 Å². The Kier molecular flexibility index (Phi) is 6.23. The van der Waals surface area contributed by atoms with Crippen molar-refractivity contribution in [1.82, 2.24) is 9.97 Å². The largest absolute Gasteiger partial charge is 0.328 e. The van der Waals surface area contributed by atoms with Gasteiger partial charge in [-0.1, -0.05) is 17.7 Å². The average Bonchev–Trinajstić information content (AvgIpc) is 3.10. The van der Waals surface area contributed by atoms with Crippen LogP contribution < -0.4 is 16.2 Å². The molecule has 0 atom stereocenters. The number of aryl methyl sites for hydroxylation is 2. The molecule has 0 unspecified atom stereocenters. The van der Waals surface area contributed by atoms with Gasteiger partial charge < -0.3 is 10.3 Å². The van der Waals surface area contributed by atoms with E-state index in [0.717, 1.165) is 5.56 Å². The molecule has 0 fully saturated rings. The highest BCUT2D eigenvalue weighted by Crippen LogP contribution is 2.21. The average molecular weight is 417 g/mol. The van der Waals surface area contributed by atoms with Crippen molar-refractivity contribution in [2.45, 2.75) is 19.8 Å². The first kappa shape index (κ1) is 19.8. The first-order valence-corrected chi connectivity index (χ1v) is 9.67. The number of halogens is 1. The number of nitrogens with one attached hydrogen (secondary N) is 3. The summed E-state index contributed by atoms with van der Waals surface area (Å²) in [5.41, 5.74) is 1.82. The van der Waals surface area contributed by atoms with E-state index in [-0.39, 0.29) is 17.9 Å². The Morgan fingerprint density at radius 3 is 2.86 bits per heavy atom. The summed E-state index contributed by atoms with van der Waals surface area (Å²) in [7, 11) is 0. The Hall–Kier alpha value is -2.97. The summed E-state index contributed by atoms with van der Waals surface area (Å²) in [4.78, 5) is 42.7. The predicted molar refractivity (Wildman–Crippen MR) is 110 cm³/mol. The van der Waals surface area contributed by atoms with Gasteiger partial charge >= 0.3 is 0 Å². The molecule has 0 spiro atoms. The smallest absolute Gasteiger partial charge is 0.263 e. The minimum absolute atomic E-state index is 0.00974.